The minimum absolute atomic E-state index is 0. The van der Waals surface area contributed by atoms with Gasteiger partial charge in [-0.1, -0.05) is 30.4 Å². The van der Waals surface area contributed by atoms with Crippen LogP contribution < -0.4 is 25.8 Å². The molecule has 1 saturated heterocycles. The van der Waals surface area contributed by atoms with Gasteiger partial charge in [0.1, 0.15) is 17.7 Å². The number of hydrogen-bond acceptors (Lipinski definition) is 8. The fourth-order valence-corrected chi connectivity index (χ4v) is 5.50. The van der Waals surface area contributed by atoms with Crippen LogP contribution in [0.5, 0.6) is 5.75 Å². The van der Waals surface area contributed by atoms with Crippen LogP contribution in [0.4, 0.5) is 5.69 Å². The standard InChI is InChI=1S/C27H35N5O6S.2ClH/c1-3-37-24(33)17-39(35,36)32(13-5-7-19-6-4-8-20(15-19)26(28)29)21-14-18(2)25(23(16-21)27(30)34)38-22-9-11-31-12-10-22;;/h4-8,14-16,22,31H,3,9-13,17H2,1-2H3,(H3,28,29)(H2,30,34);2*1H/b7-5+;;. The van der Waals surface area contributed by atoms with Gasteiger partial charge in [-0.2, -0.15) is 0 Å². The van der Waals surface area contributed by atoms with Crippen LogP contribution in [-0.2, 0) is 19.6 Å². The maximum absolute atomic E-state index is 13.4. The number of nitrogens with one attached hydrogen (secondary N) is 2. The predicted molar refractivity (Wildman–Crippen MR) is 165 cm³/mol. The molecule has 226 valence electrons. The molecule has 0 saturated carbocycles. The van der Waals surface area contributed by atoms with E-state index in [0.717, 1.165) is 30.2 Å². The van der Waals surface area contributed by atoms with E-state index in [0.29, 0.717) is 22.4 Å². The zero-order chi connectivity index (χ0) is 28.6. The van der Waals surface area contributed by atoms with Crippen LogP contribution in [0.2, 0.25) is 0 Å². The topological polar surface area (TPSA) is 178 Å². The van der Waals surface area contributed by atoms with Gasteiger partial charge in [0.05, 0.1) is 24.4 Å². The number of primary amides is 1. The van der Waals surface area contributed by atoms with Gasteiger partial charge < -0.3 is 26.3 Å². The summed E-state index contributed by atoms with van der Waals surface area (Å²) in [6, 6.07) is 9.86. The Kier molecular flexibility index (Phi) is 14.1. The molecule has 0 unspecified atom stereocenters. The Morgan fingerprint density at radius 1 is 1.15 bits per heavy atom. The summed E-state index contributed by atoms with van der Waals surface area (Å²) < 4.78 is 38.8. The van der Waals surface area contributed by atoms with Crippen LogP contribution in [0.1, 0.15) is 46.8 Å². The van der Waals surface area contributed by atoms with Gasteiger partial charge in [0.2, 0.25) is 10.0 Å². The minimum Gasteiger partial charge on any atom is -0.489 e. The summed E-state index contributed by atoms with van der Waals surface area (Å²) in [7, 11) is -4.22. The molecule has 3 rings (SSSR count). The first-order chi connectivity index (χ1) is 18.5. The second kappa shape index (κ2) is 16.2. The number of anilines is 1. The smallest absolute Gasteiger partial charge is 0.323 e. The number of benzene rings is 2. The second-order valence-corrected chi connectivity index (χ2v) is 11.0. The van der Waals surface area contributed by atoms with E-state index in [-0.39, 0.29) is 61.2 Å². The van der Waals surface area contributed by atoms with E-state index in [1.54, 1.807) is 56.3 Å². The lowest BCUT2D eigenvalue weighted by molar-refractivity contribution is -0.139. The molecule has 1 fully saturated rings. The molecule has 14 heteroatoms. The van der Waals surface area contributed by atoms with Gasteiger partial charge in [0.25, 0.3) is 5.91 Å². The molecular formula is C27H37Cl2N5O6S. The summed E-state index contributed by atoms with van der Waals surface area (Å²) in [6.07, 6.45) is 4.69. The first-order valence-corrected chi connectivity index (χ1v) is 14.2. The zero-order valence-electron chi connectivity index (χ0n) is 22.9. The van der Waals surface area contributed by atoms with Crippen molar-refractivity contribution in [1.82, 2.24) is 5.32 Å². The number of halogens is 2. The van der Waals surface area contributed by atoms with Crippen molar-refractivity contribution in [2.24, 2.45) is 11.5 Å². The van der Waals surface area contributed by atoms with Gasteiger partial charge in [0.15, 0.2) is 5.75 Å². The second-order valence-electron chi connectivity index (χ2n) is 9.10. The molecule has 0 spiro atoms. The van der Waals surface area contributed by atoms with Gasteiger partial charge >= 0.3 is 5.97 Å². The number of hydrogen-bond donors (Lipinski definition) is 4. The number of nitrogens with zero attached hydrogens (tertiary/aromatic N) is 1. The number of carbonyl (C=O) groups is 2. The summed E-state index contributed by atoms with van der Waals surface area (Å²) in [5, 5.41) is 10.9. The Hall–Kier alpha value is -3.32. The molecule has 0 aromatic heterocycles. The lowest BCUT2D eigenvalue weighted by atomic mass is 10.1. The van der Waals surface area contributed by atoms with E-state index in [2.05, 4.69) is 5.32 Å². The molecule has 0 radical (unpaired) electrons. The van der Waals surface area contributed by atoms with Crippen molar-refractivity contribution in [3.63, 3.8) is 0 Å². The minimum atomic E-state index is -4.22. The number of aryl methyl sites for hydroxylation is 1. The molecule has 2 aromatic rings. The van der Waals surface area contributed by atoms with Crippen LogP contribution >= 0.6 is 24.8 Å². The van der Waals surface area contributed by atoms with E-state index in [4.69, 9.17) is 26.4 Å². The number of esters is 1. The van der Waals surface area contributed by atoms with Gasteiger partial charge in [-0.05, 0) is 69.1 Å². The molecule has 1 amide bonds. The third kappa shape index (κ3) is 9.92. The van der Waals surface area contributed by atoms with Crippen LogP contribution in [0.25, 0.3) is 6.08 Å². The number of sulfonamides is 1. The summed E-state index contributed by atoms with van der Waals surface area (Å²) in [5.41, 5.74) is 13.2. The Balaban J connectivity index is 0.00000420. The maximum atomic E-state index is 13.4. The number of amides is 1. The maximum Gasteiger partial charge on any atom is 0.323 e. The van der Waals surface area contributed by atoms with E-state index in [9.17, 15) is 18.0 Å². The summed E-state index contributed by atoms with van der Waals surface area (Å²) >= 11 is 0. The number of piperidine rings is 1. The summed E-state index contributed by atoms with van der Waals surface area (Å²) in [4.78, 5) is 24.6. The van der Waals surface area contributed by atoms with Crippen LogP contribution in [0, 0.1) is 12.3 Å². The molecule has 0 atom stereocenters. The number of amidine groups is 1. The largest absolute Gasteiger partial charge is 0.489 e. The number of rotatable bonds is 12. The lowest BCUT2D eigenvalue weighted by Gasteiger charge is -2.28. The Morgan fingerprint density at radius 2 is 1.83 bits per heavy atom. The third-order valence-corrected chi connectivity index (χ3v) is 7.74. The van der Waals surface area contributed by atoms with Crippen molar-refractivity contribution < 1.29 is 27.5 Å². The average molecular weight is 631 g/mol. The number of carbonyl (C=O) groups excluding carboxylic acids is 2. The van der Waals surface area contributed by atoms with Gasteiger partial charge in [0, 0.05) is 5.56 Å². The molecule has 41 heavy (non-hydrogen) atoms. The summed E-state index contributed by atoms with van der Waals surface area (Å²) in [6.45, 7) is 4.76. The first kappa shape index (κ1) is 35.7. The SMILES string of the molecule is CCOC(=O)CS(=O)(=O)N(C/C=C/c1cccc(C(=N)N)c1)c1cc(C)c(OC2CCNCC2)c(C(N)=O)c1.Cl.Cl. The van der Waals surface area contributed by atoms with Crippen LogP contribution in [-0.4, -0.2) is 64.2 Å². The first-order valence-electron chi connectivity index (χ1n) is 12.6. The average Bonchev–Trinajstić information content (AvgIpc) is 2.88. The normalized spacial score (nSPS) is 13.5. The van der Waals surface area contributed by atoms with E-state index < -0.39 is 27.7 Å². The Bertz CT molecular complexity index is 1360. The molecule has 1 heterocycles. The van der Waals surface area contributed by atoms with Crippen molar-refractivity contribution in [1.29, 1.82) is 5.41 Å². The van der Waals surface area contributed by atoms with Crippen molar-refractivity contribution in [3.05, 3.63) is 64.7 Å². The molecule has 1 aliphatic rings. The highest BCUT2D eigenvalue weighted by atomic mass is 35.5. The van der Waals surface area contributed by atoms with Gasteiger partial charge in [-0.3, -0.25) is 19.3 Å². The van der Waals surface area contributed by atoms with Crippen molar-refractivity contribution in [2.75, 3.05) is 36.3 Å². The van der Waals surface area contributed by atoms with E-state index in [1.165, 1.54) is 6.07 Å². The zero-order valence-corrected chi connectivity index (χ0v) is 25.4. The fraction of sp³-hybridized carbons (Fsp3) is 0.370. The summed E-state index contributed by atoms with van der Waals surface area (Å²) in [5.74, 6) is -2.31. The molecule has 2 aromatic carbocycles. The number of ether oxygens (including phenoxy) is 2. The molecule has 0 aliphatic carbocycles. The van der Waals surface area contributed by atoms with Crippen molar-refractivity contribution >= 4 is 64.3 Å². The highest BCUT2D eigenvalue weighted by molar-refractivity contribution is 7.93. The monoisotopic (exact) mass is 629 g/mol. The molecule has 11 nitrogen and oxygen atoms in total. The molecule has 6 N–H and O–H groups in total. The Morgan fingerprint density at radius 3 is 2.44 bits per heavy atom. The number of nitrogen functional groups attached to an aromatic ring is 1. The quantitative estimate of drug-likeness (QED) is 0.157. The fourth-order valence-electron chi connectivity index (χ4n) is 4.22. The van der Waals surface area contributed by atoms with Crippen LogP contribution in [0.3, 0.4) is 0 Å². The van der Waals surface area contributed by atoms with E-state index in [1.807, 2.05) is 0 Å². The third-order valence-electron chi connectivity index (χ3n) is 6.10. The lowest BCUT2D eigenvalue weighted by Crippen LogP contribution is -2.37. The van der Waals surface area contributed by atoms with Crippen molar-refractivity contribution in [2.45, 2.75) is 32.8 Å². The highest BCUT2D eigenvalue weighted by Crippen LogP contribution is 2.32. The molecular weight excluding hydrogens is 593 g/mol. The molecule has 1 aliphatic heterocycles. The van der Waals surface area contributed by atoms with Crippen molar-refractivity contribution in [3.8, 4) is 5.75 Å². The predicted octanol–water partition coefficient (Wildman–Crippen LogP) is 2.77. The molecule has 0 bridgehead atoms. The number of nitrogens with two attached hydrogens (primary N) is 2. The Labute approximate surface area is 253 Å². The van der Waals surface area contributed by atoms with Gasteiger partial charge in [-0.15, -0.1) is 24.8 Å². The highest BCUT2D eigenvalue weighted by Gasteiger charge is 2.28. The van der Waals surface area contributed by atoms with E-state index >= 15 is 0 Å². The van der Waals surface area contributed by atoms with Gasteiger partial charge in [-0.25, -0.2) is 8.42 Å². The van der Waals surface area contributed by atoms with Crippen LogP contribution in [0.15, 0.2) is 42.5 Å².